The number of rotatable bonds is 5. The molecule has 1 aromatic rings. The van der Waals surface area contributed by atoms with Crippen LogP contribution in [-0.4, -0.2) is 64.3 Å². The van der Waals surface area contributed by atoms with Crippen molar-refractivity contribution in [1.82, 2.24) is 14.7 Å². The molecular weight excluding hydrogens is 362 g/mol. The van der Waals surface area contributed by atoms with E-state index in [1.165, 1.54) is 16.2 Å². The van der Waals surface area contributed by atoms with Gasteiger partial charge in [-0.25, -0.2) is 4.79 Å². The van der Waals surface area contributed by atoms with Crippen LogP contribution in [0.4, 0.5) is 4.79 Å². The number of thiophene rings is 1. The summed E-state index contributed by atoms with van der Waals surface area (Å²) in [5.41, 5.74) is -0.0907. The van der Waals surface area contributed by atoms with E-state index in [1.807, 2.05) is 35.6 Å². The van der Waals surface area contributed by atoms with Crippen molar-refractivity contribution in [1.29, 1.82) is 0 Å². The number of imide groups is 1. The van der Waals surface area contributed by atoms with Crippen LogP contribution in [0.1, 0.15) is 50.9 Å². The van der Waals surface area contributed by atoms with E-state index in [9.17, 15) is 14.4 Å². The largest absolute Gasteiger partial charge is 0.338 e. The van der Waals surface area contributed by atoms with Crippen LogP contribution in [0.2, 0.25) is 0 Å². The highest BCUT2D eigenvalue weighted by atomic mass is 32.1. The Kier molecular flexibility index (Phi) is 5.60. The lowest BCUT2D eigenvalue weighted by Crippen LogP contribution is -2.58. The fraction of sp³-hybridized carbons (Fsp3) is 0.650. The Morgan fingerprint density at radius 2 is 1.74 bits per heavy atom. The summed E-state index contributed by atoms with van der Waals surface area (Å²) in [6.45, 7) is 10.2. The van der Waals surface area contributed by atoms with E-state index in [2.05, 4.69) is 13.8 Å². The third-order valence-electron chi connectivity index (χ3n) is 5.36. The molecule has 3 heterocycles. The van der Waals surface area contributed by atoms with Gasteiger partial charge in [-0.1, -0.05) is 27.7 Å². The van der Waals surface area contributed by atoms with Crippen molar-refractivity contribution in [3.05, 3.63) is 22.4 Å². The molecule has 0 saturated carbocycles. The Morgan fingerprint density at radius 3 is 2.26 bits per heavy atom. The summed E-state index contributed by atoms with van der Waals surface area (Å²) in [6.07, 6.45) is 1.02. The van der Waals surface area contributed by atoms with E-state index in [0.717, 1.165) is 0 Å². The minimum absolute atomic E-state index is 0.0114. The number of urea groups is 1. The number of hydrogen-bond donors (Lipinski definition) is 0. The first-order chi connectivity index (χ1) is 12.8. The molecule has 0 aliphatic carbocycles. The van der Waals surface area contributed by atoms with Crippen molar-refractivity contribution in [3.63, 3.8) is 0 Å². The summed E-state index contributed by atoms with van der Waals surface area (Å²) >= 11 is 1.50. The number of nitrogens with zero attached hydrogens (tertiary/aromatic N) is 3. The molecule has 2 saturated heterocycles. The lowest BCUT2D eigenvalue weighted by atomic mass is 9.85. The van der Waals surface area contributed by atoms with E-state index in [4.69, 9.17) is 0 Å². The number of carbonyl (C=O) groups excluding carboxylic acids is 3. The van der Waals surface area contributed by atoms with Crippen molar-refractivity contribution >= 4 is 29.2 Å². The predicted molar refractivity (Wildman–Crippen MR) is 106 cm³/mol. The molecule has 0 radical (unpaired) electrons. The highest BCUT2D eigenvalue weighted by Crippen LogP contribution is 2.38. The standard InChI is InChI=1S/C20H29N3O3S/c1-14(2)11-22-18(25)20(23(19(22)26)12-15(3)4)6-8-21(9-7-20)17(24)16-5-10-27-13-16/h5,10,13-15H,6-9,11-12H2,1-4H3. The Labute approximate surface area is 165 Å². The van der Waals surface area contributed by atoms with Gasteiger partial charge < -0.3 is 9.80 Å². The number of likely N-dealkylation sites (tertiary alicyclic amines) is 1. The molecule has 0 N–H and O–H groups in total. The Morgan fingerprint density at radius 1 is 1.11 bits per heavy atom. The Hall–Kier alpha value is -1.89. The number of amides is 4. The van der Waals surface area contributed by atoms with E-state index in [0.29, 0.717) is 44.6 Å². The second kappa shape index (κ2) is 7.62. The third-order valence-corrected chi connectivity index (χ3v) is 6.05. The molecule has 6 nitrogen and oxygen atoms in total. The predicted octanol–water partition coefficient (Wildman–Crippen LogP) is 3.30. The molecule has 1 spiro atoms. The van der Waals surface area contributed by atoms with Crippen molar-refractivity contribution < 1.29 is 14.4 Å². The van der Waals surface area contributed by atoms with Crippen LogP contribution in [0.25, 0.3) is 0 Å². The fourth-order valence-electron chi connectivity index (χ4n) is 4.06. The molecule has 27 heavy (non-hydrogen) atoms. The topological polar surface area (TPSA) is 60.9 Å². The van der Waals surface area contributed by atoms with Crippen molar-refractivity contribution in [2.45, 2.75) is 46.1 Å². The van der Waals surface area contributed by atoms with Crippen molar-refractivity contribution in [2.75, 3.05) is 26.2 Å². The summed E-state index contributed by atoms with van der Waals surface area (Å²) in [7, 11) is 0. The van der Waals surface area contributed by atoms with Crippen LogP contribution in [0, 0.1) is 11.8 Å². The molecule has 0 aromatic carbocycles. The first-order valence-electron chi connectivity index (χ1n) is 9.71. The van der Waals surface area contributed by atoms with E-state index in [-0.39, 0.29) is 29.7 Å². The quantitative estimate of drug-likeness (QED) is 0.724. The normalized spacial score (nSPS) is 19.9. The van der Waals surface area contributed by atoms with Gasteiger partial charge in [-0.2, -0.15) is 11.3 Å². The average Bonchev–Trinajstić information content (AvgIpc) is 3.21. The monoisotopic (exact) mass is 391 g/mol. The Bertz CT molecular complexity index is 706. The second-order valence-corrected chi connectivity index (χ2v) is 9.21. The lowest BCUT2D eigenvalue weighted by molar-refractivity contribution is -0.135. The van der Waals surface area contributed by atoms with Crippen molar-refractivity contribution in [2.24, 2.45) is 11.8 Å². The Balaban J connectivity index is 1.81. The molecule has 3 rings (SSSR count). The molecule has 2 fully saturated rings. The maximum absolute atomic E-state index is 13.3. The zero-order valence-corrected chi connectivity index (χ0v) is 17.4. The lowest BCUT2D eigenvalue weighted by Gasteiger charge is -2.42. The van der Waals surface area contributed by atoms with Gasteiger partial charge in [-0.15, -0.1) is 0 Å². The van der Waals surface area contributed by atoms with Gasteiger partial charge in [0.1, 0.15) is 5.54 Å². The zero-order chi connectivity index (χ0) is 19.8. The third kappa shape index (κ3) is 3.61. The maximum atomic E-state index is 13.3. The van der Waals surface area contributed by atoms with Gasteiger partial charge >= 0.3 is 6.03 Å². The molecule has 2 aliphatic heterocycles. The minimum atomic E-state index is -0.790. The number of hydrogen-bond acceptors (Lipinski definition) is 4. The summed E-state index contributed by atoms with van der Waals surface area (Å²) in [5.74, 6) is 0.444. The molecule has 1 aromatic heterocycles. The maximum Gasteiger partial charge on any atom is 0.327 e. The molecule has 0 atom stereocenters. The SMILES string of the molecule is CC(C)CN1C(=O)N(CC(C)C)C2(CCN(C(=O)c3ccsc3)CC2)C1=O. The smallest absolute Gasteiger partial charge is 0.327 e. The summed E-state index contributed by atoms with van der Waals surface area (Å²) in [4.78, 5) is 44.0. The van der Waals surface area contributed by atoms with Gasteiger partial charge in [-0.3, -0.25) is 14.5 Å². The second-order valence-electron chi connectivity index (χ2n) is 8.43. The van der Waals surface area contributed by atoms with E-state index < -0.39 is 5.54 Å². The van der Waals surface area contributed by atoms with Gasteiger partial charge in [0.2, 0.25) is 0 Å². The summed E-state index contributed by atoms with van der Waals surface area (Å²) in [5, 5.41) is 3.75. The molecular formula is C20H29N3O3S. The van der Waals surface area contributed by atoms with E-state index >= 15 is 0 Å². The summed E-state index contributed by atoms with van der Waals surface area (Å²) < 4.78 is 0. The fourth-order valence-corrected chi connectivity index (χ4v) is 4.69. The minimum Gasteiger partial charge on any atom is -0.338 e. The van der Waals surface area contributed by atoms with Crippen LogP contribution >= 0.6 is 11.3 Å². The van der Waals surface area contributed by atoms with Crippen LogP contribution in [0.5, 0.6) is 0 Å². The average molecular weight is 392 g/mol. The molecule has 148 valence electrons. The molecule has 4 amide bonds. The van der Waals surface area contributed by atoms with E-state index in [1.54, 1.807) is 4.90 Å². The highest BCUT2D eigenvalue weighted by molar-refractivity contribution is 7.08. The van der Waals surface area contributed by atoms with Crippen LogP contribution in [-0.2, 0) is 4.79 Å². The highest BCUT2D eigenvalue weighted by Gasteiger charge is 2.58. The number of carbonyl (C=O) groups is 3. The molecule has 0 bridgehead atoms. The van der Waals surface area contributed by atoms with Crippen LogP contribution in [0.15, 0.2) is 16.8 Å². The van der Waals surface area contributed by atoms with Crippen LogP contribution < -0.4 is 0 Å². The van der Waals surface area contributed by atoms with Gasteiger partial charge in [0.25, 0.3) is 11.8 Å². The van der Waals surface area contributed by atoms with Crippen molar-refractivity contribution in [3.8, 4) is 0 Å². The molecule has 7 heteroatoms. The number of piperidine rings is 1. The molecule has 0 unspecified atom stereocenters. The first kappa shape index (κ1) is 19.9. The zero-order valence-electron chi connectivity index (χ0n) is 16.6. The van der Waals surface area contributed by atoms with Gasteiger partial charge in [0, 0.05) is 31.6 Å². The van der Waals surface area contributed by atoms with Gasteiger partial charge in [0.05, 0.1) is 5.56 Å². The van der Waals surface area contributed by atoms with Gasteiger partial charge in [0.15, 0.2) is 0 Å². The first-order valence-corrected chi connectivity index (χ1v) is 10.7. The van der Waals surface area contributed by atoms with Gasteiger partial charge in [-0.05, 0) is 36.1 Å². The molecule has 2 aliphatic rings. The summed E-state index contributed by atoms with van der Waals surface area (Å²) in [6, 6.07) is 1.66. The van der Waals surface area contributed by atoms with Crippen LogP contribution in [0.3, 0.4) is 0 Å².